The molecule has 3 aliphatic rings. The Labute approximate surface area is 544 Å². The Morgan fingerprint density at radius 3 is 1.19 bits per heavy atom. The van der Waals surface area contributed by atoms with Gasteiger partial charge in [0.1, 0.15) is 17.4 Å². The Morgan fingerprint density at radius 1 is 0.387 bits per heavy atom. The van der Waals surface area contributed by atoms with Gasteiger partial charge in [-0.25, -0.2) is 13.2 Å². The number of aliphatic hydroxyl groups is 3. The molecule has 93 heavy (non-hydrogen) atoms. The zero-order valence-corrected chi connectivity index (χ0v) is 52.3. The van der Waals surface area contributed by atoms with Gasteiger partial charge < -0.3 is 53.2 Å². The second-order valence-electron chi connectivity index (χ2n) is 23.8. The third-order valence-corrected chi connectivity index (χ3v) is 18.3. The lowest BCUT2D eigenvalue weighted by molar-refractivity contribution is 0.0992. The fraction of sp³-hybridized carbons (Fsp3) is 0.250. The number of ether oxygens (including phenoxy) is 1. The first-order valence-corrected chi connectivity index (χ1v) is 32.4. The van der Waals surface area contributed by atoms with E-state index < -0.39 is 23.5 Å². The molecule has 480 valence electrons. The first kappa shape index (κ1) is 66.5. The summed E-state index contributed by atoms with van der Waals surface area (Å²) in [4.78, 5) is 37.5. The van der Waals surface area contributed by atoms with Crippen LogP contribution < -0.4 is 37.9 Å². The van der Waals surface area contributed by atoms with Gasteiger partial charge in [0.2, 0.25) is 0 Å². The van der Waals surface area contributed by atoms with Crippen molar-refractivity contribution in [3.63, 3.8) is 0 Å². The van der Waals surface area contributed by atoms with Gasteiger partial charge in [0.05, 0.1) is 35.0 Å². The molecule has 0 heterocycles. The summed E-state index contributed by atoms with van der Waals surface area (Å²) >= 11 is 1.37. The van der Waals surface area contributed by atoms with E-state index in [1.165, 1.54) is 30.0 Å². The van der Waals surface area contributed by atoms with Crippen LogP contribution >= 0.6 is 11.8 Å². The second-order valence-corrected chi connectivity index (χ2v) is 24.9. The molecule has 12 rings (SSSR count). The lowest BCUT2D eigenvalue weighted by Crippen LogP contribution is -2.29. The van der Waals surface area contributed by atoms with Gasteiger partial charge in [-0.05, 0) is 195 Å². The second kappa shape index (κ2) is 31.8. The predicted octanol–water partition coefficient (Wildman–Crippen LogP) is 15.5. The van der Waals surface area contributed by atoms with E-state index in [2.05, 4.69) is 16.0 Å². The molecule has 13 nitrogen and oxygen atoms in total. The van der Waals surface area contributed by atoms with Crippen molar-refractivity contribution in [1.29, 1.82) is 0 Å². The lowest BCUT2D eigenvalue weighted by Gasteiger charge is -2.28. The van der Waals surface area contributed by atoms with Gasteiger partial charge in [-0.3, -0.25) is 14.4 Å². The molecule has 0 unspecified atom stereocenters. The molecule has 0 atom stereocenters. The topological polar surface area (TPSA) is 235 Å². The van der Waals surface area contributed by atoms with Crippen LogP contribution in [0.15, 0.2) is 210 Å². The number of hydrogen-bond acceptors (Lipinski definition) is 11. The van der Waals surface area contributed by atoms with Crippen LogP contribution in [0.3, 0.4) is 0 Å². The van der Waals surface area contributed by atoms with Crippen molar-refractivity contribution in [2.75, 3.05) is 16.0 Å². The van der Waals surface area contributed by atoms with Gasteiger partial charge in [0.15, 0.2) is 11.6 Å². The number of benzene rings is 9. The number of primary amides is 3. The zero-order chi connectivity index (χ0) is 65.4. The molecular weight excluding hydrogens is 1200 g/mol. The van der Waals surface area contributed by atoms with Crippen molar-refractivity contribution in [2.24, 2.45) is 17.2 Å². The van der Waals surface area contributed by atoms with Crippen molar-refractivity contribution in [1.82, 2.24) is 0 Å². The molecule has 0 radical (unpaired) electrons. The average Bonchev–Trinajstić information content (AvgIpc) is 0.969. The molecule has 9 aromatic carbocycles. The molecule has 17 heteroatoms. The summed E-state index contributed by atoms with van der Waals surface area (Å²) in [7, 11) is 0. The van der Waals surface area contributed by atoms with E-state index in [0.29, 0.717) is 56.4 Å². The van der Waals surface area contributed by atoms with Gasteiger partial charge in [-0.2, -0.15) is 0 Å². The lowest BCUT2D eigenvalue weighted by atomic mass is 9.91. The first-order chi connectivity index (χ1) is 45.0. The number of halogens is 3. The van der Waals surface area contributed by atoms with Crippen molar-refractivity contribution in [3.8, 4) is 44.9 Å². The number of carbonyl (C=O) groups is 3. The highest BCUT2D eigenvalue weighted by atomic mass is 32.2. The van der Waals surface area contributed by atoms with E-state index in [9.17, 15) is 42.9 Å². The highest BCUT2D eigenvalue weighted by Crippen LogP contribution is 2.41. The summed E-state index contributed by atoms with van der Waals surface area (Å²) in [5.41, 5.74) is 27.2. The molecule has 9 aromatic rings. The molecule has 3 amide bonds. The fourth-order valence-electron chi connectivity index (χ4n) is 12.1. The Morgan fingerprint density at radius 2 is 0.742 bits per heavy atom. The molecule has 0 aliphatic heterocycles. The number of nitrogens with one attached hydrogen (secondary N) is 3. The smallest absolute Gasteiger partial charge is 0.250 e. The van der Waals surface area contributed by atoms with Gasteiger partial charge in [0, 0.05) is 57.0 Å². The molecule has 3 saturated carbocycles. The van der Waals surface area contributed by atoms with E-state index in [1.54, 1.807) is 72.8 Å². The Balaban J connectivity index is 0.000000153. The monoisotopic (exact) mass is 1270 g/mol. The Hall–Kier alpha value is -9.39. The average molecular weight is 1280 g/mol. The number of hydrogen-bond donors (Lipinski definition) is 9. The van der Waals surface area contributed by atoms with Gasteiger partial charge in [-0.15, -0.1) is 0 Å². The Kier molecular flexibility index (Phi) is 22.7. The first-order valence-electron chi connectivity index (χ1n) is 31.5. The van der Waals surface area contributed by atoms with Crippen molar-refractivity contribution >= 4 is 46.5 Å². The maximum absolute atomic E-state index is 14.2. The summed E-state index contributed by atoms with van der Waals surface area (Å²) in [6, 6.07) is 59.9. The van der Waals surface area contributed by atoms with Crippen LogP contribution in [0, 0.1) is 17.5 Å². The molecule has 3 aliphatic carbocycles. The van der Waals surface area contributed by atoms with Crippen molar-refractivity contribution in [3.05, 3.63) is 245 Å². The highest BCUT2D eigenvalue weighted by molar-refractivity contribution is 7.99. The largest absolute Gasteiger partial charge is 0.454 e. The molecule has 0 bridgehead atoms. The summed E-state index contributed by atoms with van der Waals surface area (Å²) in [5, 5.41) is 39.7. The Bertz CT molecular complexity index is 3640. The van der Waals surface area contributed by atoms with Crippen LogP contribution in [0.4, 0.5) is 30.2 Å². The molecule has 12 N–H and O–H groups in total. The quantitative estimate of drug-likeness (QED) is 0.0392. The maximum Gasteiger partial charge on any atom is 0.250 e. The minimum absolute atomic E-state index is 0.141. The molecular formula is C76H77F3N6O7S. The van der Waals surface area contributed by atoms with Crippen molar-refractivity contribution < 1.29 is 47.6 Å². The number of para-hydroxylation sites is 2. The molecule has 3 fully saturated rings. The van der Waals surface area contributed by atoms with E-state index in [0.717, 1.165) is 121 Å². The zero-order valence-electron chi connectivity index (χ0n) is 51.5. The van der Waals surface area contributed by atoms with Gasteiger partial charge >= 0.3 is 0 Å². The summed E-state index contributed by atoms with van der Waals surface area (Å²) < 4.78 is 48.4. The van der Waals surface area contributed by atoms with Crippen LogP contribution in [0.1, 0.15) is 119 Å². The van der Waals surface area contributed by atoms with Crippen molar-refractivity contribution in [2.45, 2.75) is 130 Å². The third kappa shape index (κ3) is 17.8. The predicted molar refractivity (Wildman–Crippen MR) is 363 cm³/mol. The van der Waals surface area contributed by atoms with Crippen LogP contribution in [-0.4, -0.2) is 69.5 Å². The highest BCUT2D eigenvalue weighted by Gasteiger charge is 2.25. The van der Waals surface area contributed by atoms with E-state index in [-0.39, 0.29) is 53.8 Å². The summed E-state index contributed by atoms with van der Waals surface area (Å²) in [6.07, 6.45) is 9.13. The van der Waals surface area contributed by atoms with E-state index in [1.807, 2.05) is 109 Å². The minimum atomic E-state index is -0.513. The van der Waals surface area contributed by atoms with Gasteiger partial charge in [0.25, 0.3) is 17.7 Å². The minimum Gasteiger partial charge on any atom is -0.454 e. The normalized spacial score (nSPS) is 18.5. The third-order valence-electron chi connectivity index (χ3n) is 17.2. The number of rotatable bonds is 18. The van der Waals surface area contributed by atoms with Crippen LogP contribution in [0.25, 0.3) is 33.4 Å². The summed E-state index contributed by atoms with van der Waals surface area (Å²) in [6.45, 7) is 0. The number of anilines is 3. The molecule has 0 saturated heterocycles. The standard InChI is InChI=1S/C26H27FN2O2.C25H25FN2O3.C25H25FN2O2S/c27-24-8-4-2-6-19(24)15-17-5-1-3-7-22(17)18-9-14-23(26(28)31)25(16-18)29-20-10-12-21(30)13-11-20;2*26-21-6-2-4-8-24(21)31-23-7-3-1-5-19(23)16-9-14-20(25(27)30)22(15-16)28-17-10-12-18(29)13-11-17/h1-9,14,16,20-21,29-30H,10-13,15H2,(H2,28,31);2*1-9,14-15,17-18,28-29H,10-13H2,(H2,27,30). The SMILES string of the molecule is NC(=O)c1ccc(-c2ccccc2Cc2ccccc2F)cc1NC1CCC(O)CC1.NC(=O)c1ccc(-c2ccccc2Oc2ccccc2F)cc1NC1CCC(O)CC1.NC(=O)c1ccc(-c2ccccc2Sc2ccccc2F)cc1NC1CCC(O)CC1. The summed E-state index contributed by atoms with van der Waals surface area (Å²) in [5.74, 6) is -1.75. The van der Waals surface area contributed by atoms with Crippen LogP contribution in [0.2, 0.25) is 0 Å². The maximum atomic E-state index is 14.2. The van der Waals surface area contributed by atoms with Crippen LogP contribution in [0.5, 0.6) is 11.5 Å². The molecule has 0 aromatic heterocycles. The van der Waals surface area contributed by atoms with Gasteiger partial charge in [-0.1, -0.05) is 133 Å². The van der Waals surface area contributed by atoms with Crippen LogP contribution in [-0.2, 0) is 6.42 Å². The van der Waals surface area contributed by atoms with E-state index in [4.69, 9.17) is 21.9 Å². The number of carbonyl (C=O) groups excluding carboxylic acids is 3. The number of nitrogens with two attached hydrogens (primary N) is 3. The number of amides is 3. The fourth-order valence-corrected chi connectivity index (χ4v) is 13.1. The van der Waals surface area contributed by atoms with E-state index >= 15 is 0 Å². The number of aliphatic hydroxyl groups excluding tert-OH is 3. The molecule has 0 spiro atoms.